The number of para-hydroxylation sites is 1. The minimum Gasteiger partial charge on any atom is -0.338 e. The van der Waals surface area contributed by atoms with E-state index >= 15 is 0 Å². The standard InChI is InChI=1S/C19H23FN2S2/c1-14(18-12-7-13-24-18)22(15-8-3-2-4-9-15)19(23)21-17-11-6-5-10-16(17)20/h5-7,10-15H,2-4,8-9H2,1H3,(H,21,23)/t14-/m0/s1. The van der Waals surface area contributed by atoms with Crippen molar-refractivity contribution in [1.82, 2.24) is 4.90 Å². The molecule has 128 valence electrons. The zero-order chi connectivity index (χ0) is 16.9. The Kier molecular flexibility index (Phi) is 5.85. The van der Waals surface area contributed by atoms with Gasteiger partial charge in [-0.3, -0.25) is 0 Å². The van der Waals surface area contributed by atoms with Gasteiger partial charge in [0.1, 0.15) is 5.82 Å². The molecule has 0 saturated heterocycles. The molecule has 24 heavy (non-hydrogen) atoms. The number of thiocarbonyl (C=S) groups is 1. The van der Waals surface area contributed by atoms with E-state index < -0.39 is 0 Å². The van der Waals surface area contributed by atoms with Gasteiger partial charge in [-0.1, -0.05) is 37.5 Å². The van der Waals surface area contributed by atoms with E-state index in [4.69, 9.17) is 12.2 Å². The van der Waals surface area contributed by atoms with Crippen LogP contribution in [-0.4, -0.2) is 16.1 Å². The zero-order valence-electron chi connectivity index (χ0n) is 13.9. The molecule has 0 bridgehead atoms. The molecule has 0 aliphatic heterocycles. The number of hydrogen-bond donors (Lipinski definition) is 1. The molecular weight excluding hydrogens is 339 g/mol. The number of halogens is 1. The molecule has 1 saturated carbocycles. The second-order valence-corrected chi connectivity index (χ2v) is 7.67. The first kappa shape index (κ1) is 17.4. The zero-order valence-corrected chi connectivity index (χ0v) is 15.5. The van der Waals surface area contributed by atoms with Crippen molar-refractivity contribution in [2.75, 3.05) is 5.32 Å². The maximum absolute atomic E-state index is 14.0. The molecule has 5 heteroatoms. The average molecular weight is 363 g/mol. The second-order valence-electron chi connectivity index (χ2n) is 6.30. The molecule has 3 rings (SSSR count). The van der Waals surface area contributed by atoms with Crippen LogP contribution >= 0.6 is 23.6 Å². The monoisotopic (exact) mass is 362 g/mol. The normalized spacial score (nSPS) is 16.6. The molecule has 1 aromatic heterocycles. The first-order valence-electron chi connectivity index (χ1n) is 8.54. The van der Waals surface area contributed by atoms with Crippen LogP contribution < -0.4 is 5.32 Å². The predicted octanol–water partition coefficient (Wildman–Crippen LogP) is 5.98. The van der Waals surface area contributed by atoms with Crippen LogP contribution in [0.2, 0.25) is 0 Å². The Labute approximate surface area is 152 Å². The van der Waals surface area contributed by atoms with Gasteiger partial charge in [0.05, 0.1) is 11.7 Å². The fourth-order valence-corrected chi connectivity index (χ4v) is 4.62. The second kappa shape index (κ2) is 8.08. The van der Waals surface area contributed by atoms with Gasteiger partial charge in [-0.15, -0.1) is 11.3 Å². The Balaban J connectivity index is 1.83. The van der Waals surface area contributed by atoms with Gasteiger partial charge < -0.3 is 10.2 Å². The summed E-state index contributed by atoms with van der Waals surface area (Å²) in [6.07, 6.45) is 6.07. The van der Waals surface area contributed by atoms with E-state index in [1.807, 2.05) is 6.07 Å². The molecule has 0 spiro atoms. The van der Waals surface area contributed by atoms with E-state index in [0.717, 1.165) is 12.8 Å². The van der Waals surface area contributed by atoms with E-state index in [9.17, 15) is 4.39 Å². The van der Waals surface area contributed by atoms with Gasteiger partial charge in [0.15, 0.2) is 5.11 Å². The number of nitrogens with one attached hydrogen (secondary N) is 1. The quantitative estimate of drug-likeness (QED) is 0.674. The van der Waals surface area contributed by atoms with Crippen LogP contribution in [0.4, 0.5) is 10.1 Å². The maximum atomic E-state index is 14.0. The van der Waals surface area contributed by atoms with E-state index in [0.29, 0.717) is 16.8 Å². The Morgan fingerprint density at radius 3 is 2.62 bits per heavy atom. The van der Waals surface area contributed by atoms with Crippen LogP contribution in [-0.2, 0) is 0 Å². The van der Waals surface area contributed by atoms with Crippen molar-refractivity contribution < 1.29 is 4.39 Å². The van der Waals surface area contributed by atoms with E-state index in [2.05, 4.69) is 34.7 Å². The molecule has 2 aromatic rings. The maximum Gasteiger partial charge on any atom is 0.174 e. The molecular formula is C19H23FN2S2. The van der Waals surface area contributed by atoms with E-state index in [1.165, 1.54) is 30.2 Å². The van der Waals surface area contributed by atoms with E-state index in [1.54, 1.807) is 23.5 Å². The number of anilines is 1. The Bertz CT molecular complexity index is 666. The van der Waals surface area contributed by atoms with Crippen molar-refractivity contribution >= 4 is 34.4 Å². The largest absolute Gasteiger partial charge is 0.338 e. The van der Waals surface area contributed by atoms with Crippen molar-refractivity contribution in [2.45, 2.75) is 51.1 Å². The average Bonchev–Trinajstić information content (AvgIpc) is 3.13. The van der Waals surface area contributed by atoms with Crippen molar-refractivity contribution in [3.8, 4) is 0 Å². The lowest BCUT2D eigenvalue weighted by Gasteiger charge is -2.40. The number of benzene rings is 1. The number of nitrogens with zero attached hydrogens (tertiary/aromatic N) is 1. The summed E-state index contributed by atoms with van der Waals surface area (Å²) in [5.41, 5.74) is 0.446. The highest BCUT2D eigenvalue weighted by Crippen LogP contribution is 2.33. The van der Waals surface area contributed by atoms with Gasteiger partial charge in [-0.05, 0) is 55.6 Å². The van der Waals surface area contributed by atoms with Gasteiger partial charge in [0.2, 0.25) is 0 Å². The first-order valence-corrected chi connectivity index (χ1v) is 9.83. The fourth-order valence-electron chi connectivity index (χ4n) is 3.43. The Hall–Kier alpha value is -1.46. The smallest absolute Gasteiger partial charge is 0.174 e. The van der Waals surface area contributed by atoms with Crippen molar-refractivity contribution in [2.24, 2.45) is 0 Å². The summed E-state index contributed by atoms with van der Waals surface area (Å²) in [5.74, 6) is -0.271. The highest BCUT2D eigenvalue weighted by molar-refractivity contribution is 7.80. The van der Waals surface area contributed by atoms with Crippen molar-refractivity contribution in [3.63, 3.8) is 0 Å². The SMILES string of the molecule is C[C@@H](c1cccs1)N(C(=S)Nc1ccccc1F)C1CCCCC1. The van der Waals surface area contributed by atoms with Crippen LogP contribution in [0, 0.1) is 5.82 Å². The Morgan fingerprint density at radius 1 is 1.21 bits per heavy atom. The molecule has 0 radical (unpaired) electrons. The van der Waals surface area contributed by atoms with Crippen molar-refractivity contribution in [3.05, 3.63) is 52.5 Å². The number of hydrogen-bond acceptors (Lipinski definition) is 2. The Morgan fingerprint density at radius 2 is 1.96 bits per heavy atom. The molecule has 0 amide bonds. The lowest BCUT2D eigenvalue weighted by Crippen LogP contribution is -2.45. The van der Waals surface area contributed by atoms with Crippen LogP contribution in [0.5, 0.6) is 0 Å². The number of thiophene rings is 1. The molecule has 0 unspecified atom stereocenters. The third-order valence-corrected chi connectivity index (χ3v) is 6.05. The molecule has 1 aliphatic rings. The summed E-state index contributed by atoms with van der Waals surface area (Å²) in [6.45, 7) is 2.19. The summed E-state index contributed by atoms with van der Waals surface area (Å²) < 4.78 is 14.0. The molecule has 1 heterocycles. The summed E-state index contributed by atoms with van der Waals surface area (Å²) in [6, 6.07) is 11.5. The summed E-state index contributed by atoms with van der Waals surface area (Å²) >= 11 is 7.45. The van der Waals surface area contributed by atoms with Crippen LogP contribution in [0.1, 0.15) is 49.9 Å². The summed E-state index contributed by atoms with van der Waals surface area (Å²) in [4.78, 5) is 3.57. The van der Waals surface area contributed by atoms with E-state index in [-0.39, 0.29) is 11.9 Å². The minimum absolute atomic E-state index is 0.194. The molecule has 1 aromatic carbocycles. The highest BCUT2D eigenvalue weighted by Gasteiger charge is 2.29. The predicted molar refractivity (Wildman–Crippen MR) is 104 cm³/mol. The first-order chi connectivity index (χ1) is 11.7. The molecule has 2 nitrogen and oxygen atoms in total. The topological polar surface area (TPSA) is 15.3 Å². The molecule has 1 aliphatic carbocycles. The third-order valence-electron chi connectivity index (χ3n) is 4.69. The van der Waals surface area contributed by atoms with Crippen molar-refractivity contribution in [1.29, 1.82) is 0 Å². The summed E-state index contributed by atoms with van der Waals surface area (Å²) in [5, 5.41) is 5.85. The van der Waals surface area contributed by atoms with Crippen LogP contribution in [0.25, 0.3) is 0 Å². The molecule has 1 atom stereocenters. The van der Waals surface area contributed by atoms with Gasteiger partial charge in [0, 0.05) is 10.9 Å². The lowest BCUT2D eigenvalue weighted by molar-refractivity contribution is 0.205. The van der Waals surface area contributed by atoms with Crippen LogP contribution in [0.15, 0.2) is 41.8 Å². The summed E-state index contributed by atoms with van der Waals surface area (Å²) in [7, 11) is 0. The fraction of sp³-hybridized carbons (Fsp3) is 0.421. The van der Waals surface area contributed by atoms with Crippen LogP contribution in [0.3, 0.4) is 0 Å². The minimum atomic E-state index is -0.271. The molecule has 1 fully saturated rings. The lowest BCUT2D eigenvalue weighted by atomic mass is 9.93. The van der Waals surface area contributed by atoms with Gasteiger partial charge in [0.25, 0.3) is 0 Å². The van der Waals surface area contributed by atoms with Gasteiger partial charge >= 0.3 is 0 Å². The van der Waals surface area contributed by atoms with Gasteiger partial charge in [-0.25, -0.2) is 4.39 Å². The third kappa shape index (κ3) is 3.95. The number of rotatable bonds is 4. The highest BCUT2D eigenvalue weighted by atomic mass is 32.1. The molecule has 1 N–H and O–H groups in total. The van der Waals surface area contributed by atoms with Gasteiger partial charge in [-0.2, -0.15) is 0 Å².